The summed E-state index contributed by atoms with van der Waals surface area (Å²) < 4.78 is 5.83. The van der Waals surface area contributed by atoms with Crippen LogP contribution in [-0.4, -0.2) is 31.3 Å². The highest BCUT2D eigenvalue weighted by Gasteiger charge is 2.18. The van der Waals surface area contributed by atoms with Crippen molar-refractivity contribution < 1.29 is 4.74 Å². The first-order chi connectivity index (χ1) is 10.3. The van der Waals surface area contributed by atoms with E-state index in [1.807, 2.05) is 18.2 Å². The van der Waals surface area contributed by atoms with Crippen LogP contribution >= 0.6 is 0 Å². The molecule has 0 saturated carbocycles. The smallest absolute Gasteiger partial charge is 0.133 e. The van der Waals surface area contributed by atoms with Crippen molar-refractivity contribution in [1.29, 1.82) is 0 Å². The molecule has 2 heterocycles. The van der Waals surface area contributed by atoms with Crippen molar-refractivity contribution in [3.05, 3.63) is 35.9 Å². The van der Waals surface area contributed by atoms with E-state index in [9.17, 15) is 0 Å². The molecule has 1 aliphatic heterocycles. The largest absolute Gasteiger partial charge is 0.376 e. The van der Waals surface area contributed by atoms with Gasteiger partial charge in [0.2, 0.25) is 0 Å². The third-order valence-electron chi connectivity index (χ3n) is 4.11. The van der Waals surface area contributed by atoms with Gasteiger partial charge in [0, 0.05) is 37.7 Å². The van der Waals surface area contributed by atoms with E-state index in [-0.39, 0.29) is 0 Å². The van der Waals surface area contributed by atoms with Crippen molar-refractivity contribution in [3.8, 4) is 0 Å². The van der Waals surface area contributed by atoms with Crippen molar-refractivity contribution >= 4 is 16.7 Å². The Morgan fingerprint density at radius 1 is 1.33 bits per heavy atom. The Morgan fingerprint density at radius 2 is 2.19 bits per heavy atom. The van der Waals surface area contributed by atoms with Crippen LogP contribution in [0.2, 0.25) is 0 Å². The number of nitrogens with two attached hydrogens (primary N) is 1. The van der Waals surface area contributed by atoms with Crippen LogP contribution < -0.4 is 10.6 Å². The standard InChI is InChI=1S/C17H23N3O/c1-20(12-15-7-4-5-9-21-15)17-14(11-18)10-13-6-2-3-8-16(13)19-17/h2-3,6,8,10,15H,4-5,7,9,11-12,18H2,1H3. The van der Waals surface area contributed by atoms with Gasteiger partial charge in [-0.2, -0.15) is 0 Å². The van der Waals surface area contributed by atoms with Crippen molar-refractivity contribution in [3.63, 3.8) is 0 Å². The topological polar surface area (TPSA) is 51.4 Å². The number of fused-ring (bicyclic) bond motifs is 1. The number of anilines is 1. The Kier molecular flexibility index (Phi) is 4.36. The van der Waals surface area contributed by atoms with Crippen LogP contribution in [0.3, 0.4) is 0 Å². The van der Waals surface area contributed by atoms with Gasteiger partial charge < -0.3 is 15.4 Å². The Balaban J connectivity index is 1.86. The van der Waals surface area contributed by atoms with Gasteiger partial charge in [-0.25, -0.2) is 4.98 Å². The van der Waals surface area contributed by atoms with Gasteiger partial charge >= 0.3 is 0 Å². The molecule has 21 heavy (non-hydrogen) atoms. The molecule has 1 unspecified atom stereocenters. The molecule has 0 radical (unpaired) electrons. The van der Waals surface area contributed by atoms with Gasteiger partial charge in [0.05, 0.1) is 11.6 Å². The summed E-state index contributed by atoms with van der Waals surface area (Å²) in [5.41, 5.74) is 8.02. The Bertz CT molecular complexity index is 608. The molecule has 3 rings (SSSR count). The molecule has 1 aromatic heterocycles. The monoisotopic (exact) mass is 285 g/mol. The minimum Gasteiger partial charge on any atom is -0.376 e. The summed E-state index contributed by atoms with van der Waals surface area (Å²) in [6.07, 6.45) is 3.88. The van der Waals surface area contributed by atoms with Gasteiger partial charge in [0.15, 0.2) is 0 Å². The second-order valence-electron chi connectivity index (χ2n) is 5.74. The number of pyridine rings is 1. The van der Waals surface area contributed by atoms with Gasteiger partial charge in [-0.3, -0.25) is 0 Å². The molecule has 112 valence electrons. The molecule has 0 aliphatic carbocycles. The third kappa shape index (κ3) is 3.17. The van der Waals surface area contributed by atoms with E-state index in [2.05, 4.69) is 24.1 Å². The molecule has 1 atom stereocenters. The molecule has 1 saturated heterocycles. The molecule has 2 aromatic rings. The van der Waals surface area contributed by atoms with E-state index in [4.69, 9.17) is 15.5 Å². The Hall–Kier alpha value is -1.65. The van der Waals surface area contributed by atoms with Gasteiger partial charge in [-0.1, -0.05) is 18.2 Å². The zero-order valence-electron chi connectivity index (χ0n) is 12.6. The summed E-state index contributed by atoms with van der Waals surface area (Å²) in [6, 6.07) is 10.3. The van der Waals surface area contributed by atoms with Gasteiger partial charge in [-0.05, 0) is 31.4 Å². The summed E-state index contributed by atoms with van der Waals surface area (Å²) in [5.74, 6) is 0.977. The van der Waals surface area contributed by atoms with Crippen LogP contribution in [0, 0.1) is 0 Å². The zero-order valence-corrected chi connectivity index (χ0v) is 12.6. The average molecular weight is 285 g/mol. The van der Waals surface area contributed by atoms with E-state index in [1.165, 1.54) is 12.8 Å². The van der Waals surface area contributed by atoms with Crippen LogP contribution in [0.5, 0.6) is 0 Å². The first kappa shape index (κ1) is 14.3. The lowest BCUT2D eigenvalue weighted by Gasteiger charge is -2.29. The van der Waals surface area contributed by atoms with E-state index in [0.717, 1.165) is 41.9 Å². The molecule has 4 heteroatoms. The second-order valence-corrected chi connectivity index (χ2v) is 5.74. The Morgan fingerprint density at radius 3 is 2.95 bits per heavy atom. The molecule has 1 aromatic carbocycles. The highest BCUT2D eigenvalue weighted by atomic mass is 16.5. The van der Waals surface area contributed by atoms with Crippen molar-refractivity contribution in [2.75, 3.05) is 25.1 Å². The first-order valence-corrected chi connectivity index (χ1v) is 7.69. The van der Waals surface area contributed by atoms with Crippen molar-refractivity contribution in [1.82, 2.24) is 4.98 Å². The fourth-order valence-electron chi connectivity index (χ4n) is 2.97. The summed E-state index contributed by atoms with van der Waals surface area (Å²) >= 11 is 0. The second kappa shape index (κ2) is 6.41. The minimum atomic E-state index is 0.308. The number of nitrogens with zero attached hydrogens (tertiary/aromatic N) is 2. The number of rotatable bonds is 4. The quantitative estimate of drug-likeness (QED) is 0.938. The molecule has 0 spiro atoms. The lowest BCUT2D eigenvalue weighted by Crippen LogP contribution is -2.34. The number of ether oxygens (including phenoxy) is 1. The molecule has 0 amide bonds. The summed E-state index contributed by atoms with van der Waals surface area (Å²) in [5, 5.41) is 1.14. The maximum Gasteiger partial charge on any atom is 0.133 e. The maximum absolute atomic E-state index is 5.91. The van der Waals surface area contributed by atoms with E-state index >= 15 is 0 Å². The number of para-hydroxylation sites is 1. The molecular formula is C17H23N3O. The summed E-state index contributed by atoms with van der Waals surface area (Å²) in [6.45, 7) is 2.26. The average Bonchev–Trinajstić information content (AvgIpc) is 2.54. The Labute approximate surface area is 125 Å². The maximum atomic E-state index is 5.91. The molecule has 1 fully saturated rings. The molecule has 1 aliphatic rings. The van der Waals surface area contributed by atoms with Crippen LogP contribution in [-0.2, 0) is 11.3 Å². The van der Waals surface area contributed by atoms with E-state index in [0.29, 0.717) is 12.6 Å². The molecule has 0 bridgehead atoms. The van der Waals surface area contributed by atoms with E-state index in [1.54, 1.807) is 0 Å². The fourth-order valence-corrected chi connectivity index (χ4v) is 2.97. The number of aromatic nitrogens is 1. The third-order valence-corrected chi connectivity index (χ3v) is 4.11. The highest BCUT2D eigenvalue weighted by Crippen LogP contribution is 2.24. The number of benzene rings is 1. The SMILES string of the molecule is CN(CC1CCCCO1)c1nc2ccccc2cc1CN. The highest BCUT2D eigenvalue weighted by molar-refractivity contribution is 5.81. The van der Waals surface area contributed by atoms with E-state index < -0.39 is 0 Å². The van der Waals surface area contributed by atoms with Gasteiger partial charge in [-0.15, -0.1) is 0 Å². The molecular weight excluding hydrogens is 262 g/mol. The van der Waals surface area contributed by atoms with Crippen LogP contribution in [0.25, 0.3) is 10.9 Å². The fraction of sp³-hybridized carbons (Fsp3) is 0.471. The van der Waals surface area contributed by atoms with Gasteiger partial charge in [0.1, 0.15) is 5.82 Å². The van der Waals surface area contributed by atoms with Crippen LogP contribution in [0.1, 0.15) is 24.8 Å². The van der Waals surface area contributed by atoms with Gasteiger partial charge in [0.25, 0.3) is 0 Å². The first-order valence-electron chi connectivity index (χ1n) is 7.69. The molecule has 4 nitrogen and oxygen atoms in total. The lowest BCUT2D eigenvalue weighted by atomic mass is 10.1. The van der Waals surface area contributed by atoms with Crippen LogP contribution in [0.15, 0.2) is 30.3 Å². The number of hydrogen-bond acceptors (Lipinski definition) is 4. The zero-order chi connectivity index (χ0) is 14.7. The number of likely N-dealkylation sites (N-methyl/N-ethyl adjacent to an activating group) is 1. The minimum absolute atomic E-state index is 0.308. The van der Waals surface area contributed by atoms with Crippen molar-refractivity contribution in [2.45, 2.75) is 31.9 Å². The predicted octanol–water partition coefficient (Wildman–Crippen LogP) is 2.70. The van der Waals surface area contributed by atoms with Crippen molar-refractivity contribution in [2.24, 2.45) is 5.73 Å². The number of hydrogen-bond donors (Lipinski definition) is 1. The lowest BCUT2D eigenvalue weighted by molar-refractivity contribution is 0.0215. The predicted molar refractivity (Wildman–Crippen MR) is 86.5 cm³/mol. The summed E-state index contributed by atoms with van der Waals surface area (Å²) in [4.78, 5) is 6.99. The molecule has 2 N–H and O–H groups in total. The summed E-state index contributed by atoms with van der Waals surface area (Å²) in [7, 11) is 2.08. The normalized spacial score (nSPS) is 18.9. The van der Waals surface area contributed by atoms with Crippen LogP contribution in [0.4, 0.5) is 5.82 Å².